The summed E-state index contributed by atoms with van der Waals surface area (Å²) < 4.78 is 0. The van der Waals surface area contributed by atoms with E-state index in [0.717, 1.165) is 0 Å². The molecule has 0 fully saturated rings. The minimum absolute atomic E-state index is 0.488. The van der Waals surface area contributed by atoms with Crippen molar-refractivity contribution in [1.82, 2.24) is 0 Å². The minimum atomic E-state index is 0.488. The molecule has 54 valence electrons. The van der Waals surface area contributed by atoms with E-state index in [2.05, 4.69) is 5.92 Å². The van der Waals surface area contributed by atoms with E-state index in [-0.39, 0.29) is 0 Å². The van der Waals surface area contributed by atoms with Gasteiger partial charge in [-0.3, -0.25) is 4.79 Å². The summed E-state index contributed by atoms with van der Waals surface area (Å²) in [5.41, 5.74) is 1.13. The molecule has 0 aliphatic carbocycles. The fourth-order valence-corrected chi connectivity index (χ4v) is 1.01. The Bertz CT molecular complexity index is 323. The zero-order chi connectivity index (χ0) is 8.27. The van der Waals surface area contributed by atoms with Gasteiger partial charge in [0.2, 0.25) is 0 Å². The Balaban J connectivity index is 3.25. The van der Waals surface area contributed by atoms with E-state index in [1.54, 1.807) is 18.2 Å². The van der Waals surface area contributed by atoms with Gasteiger partial charge in [-0.1, -0.05) is 17.5 Å². The lowest BCUT2D eigenvalue weighted by atomic mass is 10.1. The fourth-order valence-electron chi connectivity index (χ4n) is 0.764. The van der Waals surface area contributed by atoms with Crippen LogP contribution in [-0.2, 0) is 0 Å². The van der Waals surface area contributed by atoms with Crippen LogP contribution < -0.4 is 0 Å². The van der Waals surface area contributed by atoms with E-state index in [1.807, 2.05) is 0 Å². The van der Waals surface area contributed by atoms with Crippen molar-refractivity contribution in [3.05, 3.63) is 34.3 Å². The third-order valence-electron chi connectivity index (χ3n) is 1.22. The first-order valence-corrected chi connectivity index (χ1v) is 3.36. The normalized spacial score (nSPS) is 8.73. The molecule has 0 heterocycles. The van der Waals surface area contributed by atoms with Crippen LogP contribution in [0, 0.1) is 12.3 Å². The Labute approximate surface area is 70.0 Å². The van der Waals surface area contributed by atoms with Crippen molar-refractivity contribution in [1.29, 1.82) is 0 Å². The predicted octanol–water partition coefficient (Wildman–Crippen LogP) is 2.13. The summed E-state index contributed by atoms with van der Waals surface area (Å²) in [6, 6.07) is 4.81. The number of hydrogen-bond acceptors (Lipinski definition) is 1. The van der Waals surface area contributed by atoms with Crippen LogP contribution in [-0.4, -0.2) is 6.29 Å². The van der Waals surface area contributed by atoms with E-state index in [9.17, 15) is 4.79 Å². The smallest absolute Gasteiger partial charge is 0.150 e. The van der Waals surface area contributed by atoms with Crippen molar-refractivity contribution in [2.24, 2.45) is 0 Å². The van der Waals surface area contributed by atoms with E-state index < -0.39 is 0 Å². The topological polar surface area (TPSA) is 17.1 Å². The number of rotatable bonds is 1. The van der Waals surface area contributed by atoms with Gasteiger partial charge in [-0.25, -0.2) is 0 Å². The molecular weight excluding hydrogens is 160 g/mol. The lowest BCUT2D eigenvalue weighted by Gasteiger charge is -1.94. The Morgan fingerprint density at radius 2 is 2.18 bits per heavy atom. The molecule has 0 spiro atoms. The van der Waals surface area contributed by atoms with Crippen LogP contribution in [0.1, 0.15) is 15.9 Å². The fraction of sp³-hybridized carbons (Fsp3) is 0. The number of carbonyl (C=O) groups excluding carboxylic acids is 1. The van der Waals surface area contributed by atoms with Crippen molar-refractivity contribution in [2.45, 2.75) is 0 Å². The molecule has 0 bridgehead atoms. The zero-order valence-corrected chi connectivity index (χ0v) is 6.43. The molecule has 1 aromatic rings. The Hall–Kier alpha value is -1.26. The molecule has 11 heavy (non-hydrogen) atoms. The number of terminal acetylenes is 1. The van der Waals surface area contributed by atoms with Crippen molar-refractivity contribution in [3.63, 3.8) is 0 Å². The summed E-state index contributed by atoms with van der Waals surface area (Å²) in [6.45, 7) is 0. The van der Waals surface area contributed by atoms with Gasteiger partial charge in [0.05, 0.1) is 0 Å². The van der Waals surface area contributed by atoms with Crippen LogP contribution in [0.5, 0.6) is 0 Å². The molecule has 1 aromatic carbocycles. The van der Waals surface area contributed by atoms with E-state index in [0.29, 0.717) is 22.4 Å². The van der Waals surface area contributed by atoms with Crippen molar-refractivity contribution in [2.75, 3.05) is 0 Å². The maximum atomic E-state index is 10.3. The van der Waals surface area contributed by atoms with Gasteiger partial charge in [0, 0.05) is 16.1 Å². The maximum absolute atomic E-state index is 10.3. The Morgan fingerprint density at radius 1 is 1.45 bits per heavy atom. The number of halogens is 1. The number of hydrogen-bond donors (Lipinski definition) is 0. The van der Waals surface area contributed by atoms with Crippen LogP contribution in [0.25, 0.3) is 0 Å². The molecule has 0 saturated carbocycles. The third-order valence-corrected chi connectivity index (χ3v) is 1.44. The largest absolute Gasteiger partial charge is 0.298 e. The van der Waals surface area contributed by atoms with Crippen LogP contribution in [0.2, 0.25) is 5.02 Å². The lowest BCUT2D eigenvalue weighted by molar-refractivity contribution is 0.112. The summed E-state index contributed by atoms with van der Waals surface area (Å²) in [5, 5.41) is 0.488. The molecular formula is C9H5ClO. The number of benzene rings is 1. The van der Waals surface area contributed by atoms with Crippen LogP contribution >= 0.6 is 11.6 Å². The van der Waals surface area contributed by atoms with Crippen molar-refractivity contribution >= 4 is 17.9 Å². The molecule has 0 aliphatic heterocycles. The van der Waals surface area contributed by atoms with E-state index in [1.165, 1.54) is 0 Å². The molecule has 0 amide bonds. The number of carbonyl (C=O) groups is 1. The van der Waals surface area contributed by atoms with Crippen LogP contribution in [0.4, 0.5) is 0 Å². The molecule has 2 heteroatoms. The first-order chi connectivity index (χ1) is 5.26. The highest BCUT2D eigenvalue weighted by Gasteiger charge is 1.95. The standard InChI is InChI=1S/C9H5ClO/c1-2-7-3-8(6-11)5-9(10)4-7/h1,3-6H. The van der Waals surface area contributed by atoms with E-state index in [4.69, 9.17) is 18.0 Å². The molecule has 0 saturated heterocycles. The predicted molar refractivity (Wildman–Crippen MR) is 44.8 cm³/mol. The second-order valence-corrected chi connectivity index (χ2v) is 2.47. The van der Waals surface area contributed by atoms with Crippen molar-refractivity contribution in [3.8, 4) is 12.3 Å². The molecule has 0 unspecified atom stereocenters. The summed E-state index contributed by atoms with van der Waals surface area (Å²) >= 11 is 5.65. The van der Waals surface area contributed by atoms with Gasteiger partial charge < -0.3 is 0 Å². The zero-order valence-electron chi connectivity index (χ0n) is 5.67. The van der Waals surface area contributed by atoms with Crippen LogP contribution in [0.15, 0.2) is 18.2 Å². The molecule has 0 aromatic heterocycles. The van der Waals surface area contributed by atoms with Gasteiger partial charge in [-0.15, -0.1) is 6.42 Å². The average molecular weight is 165 g/mol. The first kappa shape index (κ1) is 7.84. The second-order valence-electron chi connectivity index (χ2n) is 2.04. The van der Waals surface area contributed by atoms with Gasteiger partial charge >= 0.3 is 0 Å². The highest BCUT2D eigenvalue weighted by Crippen LogP contribution is 2.12. The number of aldehydes is 1. The summed E-state index contributed by atoms with van der Waals surface area (Å²) in [4.78, 5) is 10.3. The van der Waals surface area contributed by atoms with Crippen LogP contribution in [0.3, 0.4) is 0 Å². The Kier molecular flexibility index (Phi) is 2.30. The van der Waals surface area contributed by atoms with Gasteiger partial charge in [-0.2, -0.15) is 0 Å². The monoisotopic (exact) mass is 164 g/mol. The van der Waals surface area contributed by atoms with Crippen molar-refractivity contribution < 1.29 is 4.79 Å². The maximum Gasteiger partial charge on any atom is 0.150 e. The molecule has 0 aliphatic rings. The van der Waals surface area contributed by atoms with Gasteiger partial charge in [-0.05, 0) is 18.2 Å². The summed E-state index contributed by atoms with van der Waals surface area (Å²) in [6.07, 6.45) is 5.83. The van der Waals surface area contributed by atoms with Gasteiger partial charge in [0.1, 0.15) is 6.29 Å². The SMILES string of the molecule is C#Cc1cc(Cl)cc(C=O)c1. The first-order valence-electron chi connectivity index (χ1n) is 2.98. The molecule has 0 N–H and O–H groups in total. The molecule has 0 radical (unpaired) electrons. The van der Waals surface area contributed by atoms with Gasteiger partial charge in [0.25, 0.3) is 0 Å². The molecule has 1 rings (SSSR count). The Morgan fingerprint density at radius 3 is 2.73 bits per heavy atom. The summed E-state index contributed by atoms with van der Waals surface area (Å²) in [5.74, 6) is 2.40. The summed E-state index contributed by atoms with van der Waals surface area (Å²) in [7, 11) is 0. The molecule has 1 nitrogen and oxygen atoms in total. The quantitative estimate of drug-likeness (QED) is 0.459. The highest BCUT2D eigenvalue weighted by atomic mass is 35.5. The highest BCUT2D eigenvalue weighted by molar-refractivity contribution is 6.30. The second kappa shape index (κ2) is 3.23. The van der Waals surface area contributed by atoms with Gasteiger partial charge in [0.15, 0.2) is 0 Å². The van der Waals surface area contributed by atoms with E-state index >= 15 is 0 Å². The lowest BCUT2D eigenvalue weighted by Crippen LogP contribution is -1.81. The minimum Gasteiger partial charge on any atom is -0.298 e. The average Bonchev–Trinajstić information content (AvgIpc) is 2.03. The third kappa shape index (κ3) is 1.83. The molecule has 0 atom stereocenters.